The van der Waals surface area contributed by atoms with E-state index < -0.39 is 0 Å². The molecule has 2 saturated carbocycles. The van der Waals surface area contributed by atoms with Crippen LogP contribution in [0, 0.1) is 51.2 Å². The van der Waals surface area contributed by atoms with E-state index in [1.807, 2.05) is 0 Å². The molecular formula is C26H42O2. The van der Waals surface area contributed by atoms with E-state index in [-0.39, 0.29) is 27.6 Å². The molecule has 0 N–H and O–H groups in total. The number of carbonyl (C=O) groups excluding carboxylic acids is 1. The van der Waals surface area contributed by atoms with Crippen molar-refractivity contribution >= 4 is 5.78 Å². The zero-order valence-electron chi connectivity index (χ0n) is 19.9. The van der Waals surface area contributed by atoms with Gasteiger partial charge in [-0.1, -0.05) is 73.5 Å². The summed E-state index contributed by atoms with van der Waals surface area (Å²) >= 11 is 0. The molecule has 4 rings (SSSR count). The molecule has 0 spiro atoms. The zero-order chi connectivity index (χ0) is 21.0. The van der Waals surface area contributed by atoms with Crippen molar-refractivity contribution in [2.45, 2.75) is 88.2 Å². The van der Waals surface area contributed by atoms with E-state index >= 15 is 0 Å². The molecule has 0 aromatic carbocycles. The molecule has 4 aliphatic rings. The molecule has 9 unspecified atom stereocenters. The van der Waals surface area contributed by atoms with Crippen molar-refractivity contribution in [3.63, 3.8) is 0 Å². The number of hydrogen-bond donors (Lipinski definition) is 0. The second-order valence-corrected chi connectivity index (χ2v) is 12.3. The summed E-state index contributed by atoms with van der Waals surface area (Å²) in [5.74, 6) is 2.31. The molecule has 158 valence electrons. The topological polar surface area (TPSA) is 26.3 Å². The molecule has 3 aliphatic carbocycles. The summed E-state index contributed by atoms with van der Waals surface area (Å²) in [5, 5.41) is 0. The van der Waals surface area contributed by atoms with Crippen molar-refractivity contribution in [3.8, 4) is 0 Å². The van der Waals surface area contributed by atoms with E-state index in [0.717, 1.165) is 13.0 Å². The lowest BCUT2D eigenvalue weighted by Crippen LogP contribution is -2.71. The van der Waals surface area contributed by atoms with Crippen LogP contribution in [0.4, 0.5) is 0 Å². The van der Waals surface area contributed by atoms with Crippen molar-refractivity contribution in [1.82, 2.24) is 0 Å². The van der Waals surface area contributed by atoms with Crippen LogP contribution in [0.3, 0.4) is 0 Å². The van der Waals surface area contributed by atoms with Gasteiger partial charge in [0, 0.05) is 16.7 Å². The normalized spacial score (nSPS) is 55.6. The molecule has 0 aromatic heterocycles. The van der Waals surface area contributed by atoms with Crippen molar-refractivity contribution in [3.05, 3.63) is 11.1 Å². The SMILES string of the molecule is CC1=C2C(C)C(=O)C3(C)C(C)CC4OCC4(C)C3C(C)C(C)(CC1C)C2(C)C. The van der Waals surface area contributed by atoms with Gasteiger partial charge in [0.05, 0.1) is 12.7 Å². The van der Waals surface area contributed by atoms with Crippen LogP contribution in [0.5, 0.6) is 0 Å². The smallest absolute Gasteiger partial charge is 0.146 e. The minimum Gasteiger partial charge on any atom is -0.377 e. The van der Waals surface area contributed by atoms with Gasteiger partial charge in [-0.3, -0.25) is 4.79 Å². The Morgan fingerprint density at radius 3 is 2.14 bits per heavy atom. The zero-order valence-corrected chi connectivity index (χ0v) is 19.9. The first-order valence-corrected chi connectivity index (χ1v) is 11.6. The Morgan fingerprint density at radius 1 is 1.00 bits per heavy atom. The van der Waals surface area contributed by atoms with E-state index in [4.69, 9.17) is 4.74 Å². The Kier molecular flexibility index (Phi) is 4.23. The van der Waals surface area contributed by atoms with E-state index in [1.165, 1.54) is 17.6 Å². The maximum atomic E-state index is 14.3. The monoisotopic (exact) mass is 386 g/mol. The lowest BCUT2D eigenvalue weighted by atomic mass is 9.36. The van der Waals surface area contributed by atoms with Crippen LogP contribution in [-0.4, -0.2) is 18.5 Å². The van der Waals surface area contributed by atoms with E-state index in [2.05, 4.69) is 69.2 Å². The predicted octanol–water partition coefficient (Wildman–Crippen LogP) is 6.30. The van der Waals surface area contributed by atoms with Crippen LogP contribution in [-0.2, 0) is 9.53 Å². The first-order valence-electron chi connectivity index (χ1n) is 11.6. The quantitative estimate of drug-likeness (QED) is 0.457. The number of hydrogen-bond acceptors (Lipinski definition) is 2. The molecule has 0 amide bonds. The van der Waals surface area contributed by atoms with Gasteiger partial charge < -0.3 is 4.74 Å². The van der Waals surface area contributed by atoms with Crippen LogP contribution >= 0.6 is 0 Å². The number of fused-ring (bicyclic) bond motifs is 5. The summed E-state index contributed by atoms with van der Waals surface area (Å²) in [6.45, 7) is 24.7. The molecule has 0 aromatic rings. The molecule has 28 heavy (non-hydrogen) atoms. The minimum atomic E-state index is -0.266. The molecule has 1 aliphatic heterocycles. The summed E-state index contributed by atoms with van der Waals surface area (Å²) in [7, 11) is 0. The van der Waals surface area contributed by atoms with Crippen molar-refractivity contribution in [2.75, 3.05) is 6.61 Å². The fourth-order valence-electron chi connectivity index (χ4n) is 8.85. The van der Waals surface area contributed by atoms with Gasteiger partial charge in [0.25, 0.3) is 0 Å². The summed E-state index contributed by atoms with van der Waals surface area (Å²) in [4.78, 5) is 14.3. The van der Waals surface area contributed by atoms with Crippen molar-refractivity contribution in [2.24, 2.45) is 51.2 Å². The Bertz CT molecular complexity index is 748. The maximum absolute atomic E-state index is 14.3. The first kappa shape index (κ1) is 20.6. The third-order valence-electron chi connectivity index (χ3n) is 11.1. The molecule has 1 heterocycles. The average molecular weight is 387 g/mol. The highest BCUT2D eigenvalue weighted by Crippen LogP contribution is 2.71. The van der Waals surface area contributed by atoms with Gasteiger partial charge in [0.15, 0.2) is 0 Å². The van der Waals surface area contributed by atoms with Crippen molar-refractivity contribution < 1.29 is 9.53 Å². The summed E-state index contributed by atoms with van der Waals surface area (Å²) in [6.07, 6.45) is 2.58. The number of rotatable bonds is 0. The standard InChI is InChI=1S/C26H42O2/c1-14-12-25(9)18(5)21-24(8)13-28-19(24)11-15(2)26(21,10)22(27)17(4)20(16(14)3)23(25,6)7/h14-15,17-19,21H,11-13H2,1-10H3. The largest absolute Gasteiger partial charge is 0.377 e. The number of ether oxygens (including phenoxy) is 1. The highest BCUT2D eigenvalue weighted by molar-refractivity contribution is 5.90. The molecule has 2 heteroatoms. The van der Waals surface area contributed by atoms with Crippen molar-refractivity contribution in [1.29, 1.82) is 0 Å². The molecule has 2 bridgehead atoms. The number of ketones is 1. The van der Waals surface area contributed by atoms with E-state index in [9.17, 15) is 4.79 Å². The first-order chi connectivity index (χ1) is 12.7. The highest BCUT2D eigenvalue weighted by atomic mass is 16.5. The average Bonchev–Trinajstić information content (AvgIpc) is 2.60. The third kappa shape index (κ3) is 2.07. The molecule has 1 saturated heterocycles. The molecule has 9 atom stereocenters. The Balaban J connectivity index is 2.01. The fraction of sp³-hybridized carbons (Fsp3) is 0.885. The molecule has 3 fully saturated rings. The third-order valence-corrected chi connectivity index (χ3v) is 11.1. The Morgan fingerprint density at radius 2 is 1.61 bits per heavy atom. The van der Waals surface area contributed by atoms with Crippen LogP contribution in [0.2, 0.25) is 0 Å². The minimum absolute atomic E-state index is 0.0145. The van der Waals surface area contributed by atoms with E-state index in [0.29, 0.717) is 35.6 Å². The number of allylic oxidation sites excluding steroid dienone is 2. The number of carbonyl (C=O) groups is 1. The van der Waals surface area contributed by atoms with Gasteiger partial charge in [0.1, 0.15) is 5.78 Å². The molecule has 0 radical (unpaired) electrons. The Hall–Kier alpha value is -0.630. The fourth-order valence-corrected chi connectivity index (χ4v) is 8.85. The van der Waals surface area contributed by atoms with Crippen LogP contribution in [0.1, 0.15) is 82.1 Å². The predicted molar refractivity (Wildman–Crippen MR) is 115 cm³/mol. The second kappa shape index (κ2) is 5.74. The van der Waals surface area contributed by atoms with Crippen LogP contribution in [0.15, 0.2) is 11.1 Å². The summed E-state index contributed by atoms with van der Waals surface area (Å²) in [5.41, 5.74) is 3.02. The van der Waals surface area contributed by atoms with Gasteiger partial charge in [-0.05, 0) is 54.3 Å². The summed E-state index contributed by atoms with van der Waals surface area (Å²) in [6, 6.07) is 0. The van der Waals surface area contributed by atoms with Gasteiger partial charge in [-0.15, -0.1) is 0 Å². The Labute approximate surface area is 172 Å². The van der Waals surface area contributed by atoms with Crippen LogP contribution < -0.4 is 0 Å². The lowest BCUT2D eigenvalue weighted by Gasteiger charge is -2.70. The van der Waals surface area contributed by atoms with Gasteiger partial charge in [-0.2, -0.15) is 0 Å². The highest BCUT2D eigenvalue weighted by Gasteiger charge is 2.70. The van der Waals surface area contributed by atoms with Crippen LogP contribution in [0.25, 0.3) is 0 Å². The molecular weight excluding hydrogens is 344 g/mol. The van der Waals surface area contributed by atoms with Gasteiger partial charge >= 0.3 is 0 Å². The molecule has 2 nitrogen and oxygen atoms in total. The second-order valence-electron chi connectivity index (χ2n) is 12.3. The van der Waals surface area contributed by atoms with Gasteiger partial charge in [-0.25, -0.2) is 0 Å². The van der Waals surface area contributed by atoms with Gasteiger partial charge in [0.2, 0.25) is 0 Å². The lowest BCUT2D eigenvalue weighted by molar-refractivity contribution is -0.284. The summed E-state index contributed by atoms with van der Waals surface area (Å²) < 4.78 is 6.09. The maximum Gasteiger partial charge on any atom is 0.146 e. The number of Topliss-reactive ketones (excluding diaryl/α,β-unsaturated/α-hetero) is 1. The van der Waals surface area contributed by atoms with E-state index in [1.54, 1.807) is 0 Å².